The smallest absolute Gasteiger partial charge is 0.326 e. The quantitative estimate of drug-likeness (QED) is 0.425. The van der Waals surface area contributed by atoms with E-state index < -0.39 is 21.9 Å². The lowest BCUT2D eigenvalue weighted by Crippen LogP contribution is -2.27. The second kappa shape index (κ2) is 10.7. The third-order valence-corrected chi connectivity index (χ3v) is 8.51. The molecule has 1 aliphatic rings. The summed E-state index contributed by atoms with van der Waals surface area (Å²) in [5.41, 5.74) is 0.977. The standard InChI is InChI=1S/C24H27N3O6S2/c1-3-32-18-9-12-20-21(15-18)34-24(27(20)16-22(28)33-4-2)25-23(29)17-7-10-19(11-8-17)35(30,31)26-13-5-6-14-26/h7-12,15H,3-6,13-14,16H2,1-2H3. The molecule has 0 aliphatic carbocycles. The Bertz CT molecular complexity index is 1400. The number of hydrogen-bond acceptors (Lipinski definition) is 7. The first kappa shape index (κ1) is 25.1. The second-order valence-corrected chi connectivity index (χ2v) is 10.8. The molecule has 1 aromatic heterocycles. The molecule has 0 atom stereocenters. The van der Waals surface area contributed by atoms with Crippen molar-refractivity contribution < 1.29 is 27.5 Å². The van der Waals surface area contributed by atoms with E-state index >= 15 is 0 Å². The van der Waals surface area contributed by atoms with Crippen LogP contribution in [0.3, 0.4) is 0 Å². The molecule has 1 fully saturated rings. The summed E-state index contributed by atoms with van der Waals surface area (Å²) in [7, 11) is -3.57. The third-order valence-electron chi connectivity index (χ3n) is 5.56. The van der Waals surface area contributed by atoms with Crippen LogP contribution in [0.4, 0.5) is 0 Å². The minimum Gasteiger partial charge on any atom is -0.494 e. The number of thiazole rings is 1. The van der Waals surface area contributed by atoms with Crippen LogP contribution >= 0.6 is 11.3 Å². The maximum absolute atomic E-state index is 13.0. The molecule has 4 rings (SSSR count). The molecule has 0 radical (unpaired) electrons. The summed E-state index contributed by atoms with van der Waals surface area (Å²) in [6, 6.07) is 11.2. The van der Waals surface area contributed by atoms with E-state index in [9.17, 15) is 18.0 Å². The normalized spacial score (nSPS) is 15.0. The largest absolute Gasteiger partial charge is 0.494 e. The third kappa shape index (κ3) is 5.47. The number of amides is 1. The molecule has 1 saturated heterocycles. The SMILES string of the molecule is CCOC(=O)Cn1c(=NC(=O)c2ccc(S(=O)(=O)N3CCCC3)cc2)sc2cc(OCC)ccc21. The number of benzene rings is 2. The van der Waals surface area contributed by atoms with Crippen LogP contribution in [-0.2, 0) is 26.1 Å². The van der Waals surface area contributed by atoms with Gasteiger partial charge in [-0.1, -0.05) is 11.3 Å². The molecule has 9 nitrogen and oxygen atoms in total. The van der Waals surface area contributed by atoms with Crippen molar-refractivity contribution in [3.05, 3.63) is 52.8 Å². The first-order valence-electron chi connectivity index (χ1n) is 11.4. The molecule has 0 bridgehead atoms. The summed E-state index contributed by atoms with van der Waals surface area (Å²) >= 11 is 1.26. The van der Waals surface area contributed by atoms with Gasteiger partial charge in [0.15, 0.2) is 4.80 Å². The van der Waals surface area contributed by atoms with E-state index in [0.717, 1.165) is 23.1 Å². The molecule has 186 valence electrons. The Hall–Kier alpha value is -3.02. The molecule has 2 heterocycles. The van der Waals surface area contributed by atoms with E-state index in [1.165, 1.54) is 39.9 Å². The van der Waals surface area contributed by atoms with Crippen molar-refractivity contribution in [1.29, 1.82) is 0 Å². The topological polar surface area (TPSA) is 107 Å². The number of carbonyl (C=O) groups excluding carboxylic acids is 2. The fraction of sp³-hybridized carbons (Fsp3) is 0.375. The lowest BCUT2D eigenvalue weighted by Gasteiger charge is -2.15. The zero-order chi connectivity index (χ0) is 25.0. The molecule has 3 aromatic rings. The number of ether oxygens (including phenoxy) is 2. The van der Waals surface area contributed by atoms with Gasteiger partial charge >= 0.3 is 5.97 Å². The van der Waals surface area contributed by atoms with Gasteiger partial charge in [-0.15, -0.1) is 0 Å². The Morgan fingerprint density at radius 3 is 2.40 bits per heavy atom. The summed E-state index contributed by atoms with van der Waals surface area (Å²) in [4.78, 5) is 29.9. The highest BCUT2D eigenvalue weighted by atomic mass is 32.2. The van der Waals surface area contributed by atoms with Gasteiger partial charge in [-0.2, -0.15) is 9.30 Å². The summed E-state index contributed by atoms with van der Waals surface area (Å²) < 4.78 is 40.0. The molecule has 11 heteroatoms. The zero-order valence-electron chi connectivity index (χ0n) is 19.6. The minimum absolute atomic E-state index is 0.0963. The Kier molecular flexibility index (Phi) is 7.68. The van der Waals surface area contributed by atoms with E-state index in [0.29, 0.717) is 30.2 Å². The predicted molar refractivity (Wildman–Crippen MR) is 132 cm³/mol. The van der Waals surface area contributed by atoms with Gasteiger partial charge in [0, 0.05) is 18.7 Å². The highest BCUT2D eigenvalue weighted by Crippen LogP contribution is 2.24. The van der Waals surface area contributed by atoms with Gasteiger partial charge in [0.2, 0.25) is 10.0 Å². The number of esters is 1. The maximum Gasteiger partial charge on any atom is 0.326 e. The van der Waals surface area contributed by atoms with Gasteiger partial charge in [0.1, 0.15) is 12.3 Å². The van der Waals surface area contributed by atoms with Gasteiger partial charge in [0.05, 0.1) is 28.3 Å². The first-order chi connectivity index (χ1) is 16.8. The zero-order valence-corrected chi connectivity index (χ0v) is 21.2. The van der Waals surface area contributed by atoms with Crippen LogP contribution in [0.1, 0.15) is 37.0 Å². The van der Waals surface area contributed by atoms with Gasteiger partial charge in [-0.25, -0.2) is 8.42 Å². The number of aromatic nitrogens is 1. The molecule has 35 heavy (non-hydrogen) atoms. The summed E-state index contributed by atoms with van der Waals surface area (Å²) in [6.07, 6.45) is 1.70. The van der Waals surface area contributed by atoms with Crippen molar-refractivity contribution >= 4 is 43.5 Å². The molecular weight excluding hydrogens is 490 g/mol. The van der Waals surface area contributed by atoms with E-state index in [-0.39, 0.29) is 23.6 Å². The lowest BCUT2D eigenvalue weighted by molar-refractivity contribution is -0.143. The van der Waals surface area contributed by atoms with Crippen LogP contribution in [0.15, 0.2) is 52.4 Å². The molecule has 1 amide bonds. The van der Waals surface area contributed by atoms with E-state index in [4.69, 9.17) is 9.47 Å². The Labute approximate surface area is 207 Å². The number of fused-ring (bicyclic) bond motifs is 1. The molecular formula is C24H27N3O6S2. The fourth-order valence-corrected chi connectivity index (χ4v) is 6.46. The van der Waals surface area contributed by atoms with Crippen molar-refractivity contribution in [2.75, 3.05) is 26.3 Å². The Morgan fingerprint density at radius 2 is 1.74 bits per heavy atom. The number of hydrogen-bond donors (Lipinski definition) is 0. The molecule has 0 unspecified atom stereocenters. The van der Waals surface area contributed by atoms with Crippen molar-refractivity contribution in [2.45, 2.75) is 38.1 Å². The van der Waals surface area contributed by atoms with E-state index in [2.05, 4.69) is 4.99 Å². The van der Waals surface area contributed by atoms with Crippen molar-refractivity contribution in [3.8, 4) is 5.75 Å². The number of sulfonamides is 1. The average Bonchev–Trinajstić information content (AvgIpc) is 3.49. The van der Waals surface area contributed by atoms with E-state index in [1.807, 2.05) is 19.1 Å². The molecule has 1 aliphatic heterocycles. The van der Waals surface area contributed by atoms with Gasteiger partial charge in [0.25, 0.3) is 5.91 Å². The highest BCUT2D eigenvalue weighted by molar-refractivity contribution is 7.89. The summed E-state index contributed by atoms with van der Waals surface area (Å²) in [6.45, 7) is 5.30. The Morgan fingerprint density at radius 1 is 1.03 bits per heavy atom. The average molecular weight is 518 g/mol. The molecule has 2 aromatic carbocycles. The lowest BCUT2D eigenvalue weighted by atomic mass is 10.2. The number of carbonyl (C=O) groups is 2. The Balaban J connectivity index is 1.68. The molecule has 0 spiro atoms. The summed E-state index contributed by atoms with van der Waals surface area (Å²) in [5, 5.41) is 0. The number of rotatable bonds is 8. The minimum atomic E-state index is -3.57. The van der Waals surface area contributed by atoms with Gasteiger partial charge < -0.3 is 14.0 Å². The number of nitrogens with zero attached hydrogens (tertiary/aromatic N) is 3. The first-order valence-corrected chi connectivity index (χ1v) is 13.7. The van der Waals surface area contributed by atoms with Crippen LogP contribution in [0, 0.1) is 0 Å². The van der Waals surface area contributed by atoms with Crippen LogP contribution < -0.4 is 9.54 Å². The van der Waals surface area contributed by atoms with Crippen LogP contribution in [-0.4, -0.2) is 55.5 Å². The monoisotopic (exact) mass is 517 g/mol. The summed E-state index contributed by atoms with van der Waals surface area (Å²) in [5.74, 6) is -0.298. The highest BCUT2D eigenvalue weighted by Gasteiger charge is 2.27. The van der Waals surface area contributed by atoms with E-state index in [1.54, 1.807) is 17.6 Å². The second-order valence-electron chi connectivity index (χ2n) is 7.89. The fourth-order valence-electron chi connectivity index (χ4n) is 3.88. The predicted octanol–water partition coefficient (Wildman–Crippen LogP) is 3.19. The van der Waals surface area contributed by atoms with Crippen LogP contribution in [0.25, 0.3) is 10.2 Å². The van der Waals surface area contributed by atoms with Crippen molar-refractivity contribution in [1.82, 2.24) is 8.87 Å². The van der Waals surface area contributed by atoms with Crippen LogP contribution in [0.5, 0.6) is 5.75 Å². The van der Waals surface area contributed by atoms with Gasteiger partial charge in [-0.05, 0) is 69.2 Å². The van der Waals surface area contributed by atoms with Crippen molar-refractivity contribution in [2.24, 2.45) is 4.99 Å². The van der Waals surface area contributed by atoms with Crippen molar-refractivity contribution in [3.63, 3.8) is 0 Å². The van der Waals surface area contributed by atoms with Gasteiger partial charge in [-0.3, -0.25) is 9.59 Å². The molecule has 0 N–H and O–H groups in total. The maximum atomic E-state index is 13.0. The molecule has 0 saturated carbocycles. The van der Waals surface area contributed by atoms with Crippen LogP contribution in [0.2, 0.25) is 0 Å².